The average Bonchev–Trinajstić information content (AvgIpc) is 2.84. The highest BCUT2D eigenvalue weighted by Gasteiger charge is 2.28. The summed E-state index contributed by atoms with van der Waals surface area (Å²) in [7, 11) is 0. The number of anilines is 1. The lowest BCUT2D eigenvalue weighted by atomic mass is 9.96. The minimum absolute atomic E-state index is 0.132. The summed E-state index contributed by atoms with van der Waals surface area (Å²) in [6.45, 7) is 8.96. The van der Waals surface area contributed by atoms with Crippen LogP contribution in [0, 0.1) is 5.82 Å². The van der Waals surface area contributed by atoms with Crippen molar-refractivity contribution in [3.8, 4) is 22.6 Å². The van der Waals surface area contributed by atoms with E-state index in [-0.39, 0.29) is 11.9 Å². The minimum Gasteiger partial charge on any atom is -0.451 e. The summed E-state index contributed by atoms with van der Waals surface area (Å²) < 4.78 is 26.0. The Bertz CT molecular complexity index is 1270. The van der Waals surface area contributed by atoms with Gasteiger partial charge in [-0.25, -0.2) is 19.2 Å². The molecule has 0 spiro atoms. The normalized spacial score (nSPS) is 13.9. The molecule has 0 N–H and O–H groups in total. The van der Waals surface area contributed by atoms with Crippen LogP contribution in [-0.4, -0.2) is 58.5 Å². The van der Waals surface area contributed by atoms with Crippen molar-refractivity contribution in [2.45, 2.75) is 33.3 Å². The first-order valence-corrected chi connectivity index (χ1v) is 11.7. The number of Topliss-reactive ketones (excluding diaryl/α,β-unsaturated/α-hetero) is 1. The molecule has 3 aromatic rings. The number of hydrogen-bond acceptors (Lipinski definition) is 7. The van der Waals surface area contributed by atoms with Gasteiger partial charge in [0.2, 0.25) is 0 Å². The topological polar surface area (TPSA) is 84.9 Å². The zero-order chi connectivity index (χ0) is 25.9. The number of ether oxygens (including phenoxy) is 2. The Kier molecular flexibility index (Phi) is 7.19. The zero-order valence-electron chi connectivity index (χ0n) is 20.8. The third kappa shape index (κ3) is 5.79. The number of ketones is 1. The Labute approximate surface area is 209 Å². The number of carbonyl (C=O) groups excluding carboxylic acids is 2. The van der Waals surface area contributed by atoms with Crippen LogP contribution < -0.4 is 9.64 Å². The molecule has 2 aromatic carbocycles. The summed E-state index contributed by atoms with van der Waals surface area (Å²) in [5.74, 6) is 0.736. The number of hydrogen-bond donors (Lipinski definition) is 0. The molecule has 2 heterocycles. The third-order valence-corrected chi connectivity index (χ3v) is 5.65. The standard InChI is InChI=1S/C27H29FN4O4/c1-18(33)20-7-5-6-8-21(20)22-15-19(28)9-10-23(22)35-24-16-29-17-30-25(24)31-11-13-32(14-12-31)26(34)36-27(2,3)4/h5-10,15-17H,11-14H2,1-4H3. The quantitative estimate of drug-likeness (QED) is 0.445. The third-order valence-electron chi connectivity index (χ3n) is 5.65. The summed E-state index contributed by atoms with van der Waals surface area (Å²) in [5.41, 5.74) is 0.931. The number of halogens is 1. The van der Waals surface area contributed by atoms with Crippen LogP contribution in [-0.2, 0) is 4.74 Å². The molecular weight excluding hydrogens is 463 g/mol. The number of carbonyl (C=O) groups is 2. The number of benzene rings is 2. The molecule has 0 unspecified atom stereocenters. The fourth-order valence-corrected chi connectivity index (χ4v) is 3.99. The predicted octanol–water partition coefficient (Wildman–Crippen LogP) is 5.33. The summed E-state index contributed by atoms with van der Waals surface area (Å²) in [6.07, 6.45) is 2.63. The predicted molar refractivity (Wildman–Crippen MR) is 134 cm³/mol. The lowest BCUT2D eigenvalue weighted by Gasteiger charge is -2.36. The van der Waals surface area contributed by atoms with E-state index in [0.29, 0.717) is 60.2 Å². The van der Waals surface area contributed by atoms with Crippen molar-refractivity contribution in [1.82, 2.24) is 14.9 Å². The van der Waals surface area contributed by atoms with Crippen LogP contribution in [0.25, 0.3) is 11.1 Å². The van der Waals surface area contributed by atoms with E-state index >= 15 is 0 Å². The lowest BCUT2D eigenvalue weighted by Crippen LogP contribution is -2.50. The van der Waals surface area contributed by atoms with Crippen molar-refractivity contribution in [3.05, 3.63) is 66.4 Å². The van der Waals surface area contributed by atoms with Crippen molar-refractivity contribution in [3.63, 3.8) is 0 Å². The molecule has 0 aliphatic carbocycles. The van der Waals surface area contributed by atoms with E-state index in [4.69, 9.17) is 9.47 Å². The summed E-state index contributed by atoms with van der Waals surface area (Å²) in [5, 5.41) is 0. The van der Waals surface area contributed by atoms with Gasteiger partial charge in [-0.05, 0) is 51.5 Å². The molecule has 188 valence electrons. The summed E-state index contributed by atoms with van der Waals surface area (Å²) in [6, 6.07) is 11.2. The Morgan fingerprint density at radius 2 is 1.69 bits per heavy atom. The van der Waals surface area contributed by atoms with Gasteiger partial charge in [-0.1, -0.05) is 24.3 Å². The molecule has 36 heavy (non-hydrogen) atoms. The van der Waals surface area contributed by atoms with E-state index in [2.05, 4.69) is 9.97 Å². The van der Waals surface area contributed by atoms with Crippen LogP contribution in [0.2, 0.25) is 0 Å². The highest BCUT2D eigenvalue weighted by Crippen LogP contribution is 2.38. The Morgan fingerprint density at radius 1 is 0.972 bits per heavy atom. The van der Waals surface area contributed by atoms with Gasteiger partial charge in [0.05, 0.1) is 6.20 Å². The van der Waals surface area contributed by atoms with Crippen LogP contribution in [0.1, 0.15) is 38.1 Å². The fraction of sp³-hybridized carbons (Fsp3) is 0.333. The van der Waals surface area contributed by atoms with Crippen molar-refractivity contribution < 1.29 is 23.5 Å². The van der Waals surface area contributed by atoms with Crippen LogP contribution in [0.3, 0.4) is 0 Å². The van der Waals surface area contributed by atoms with Gasteiger partial charge in [0.1, 0.15) is 23.5 Å². The molecule has 0 atom stereocenters. The molecule has 1 aliphatic heterocycles. The summed E-state index contributed by atoms with van der Waals surface area (Å²) >= 11 is 0. The number of amides is 1. The maximum Gasteiger partial charge on any atom is 0.410 e. The highest BCUT2D eigenvalue weighted by atomic mass is 19.1. The second kappa shape index (κ2) is 10.3. The molecule has 1 aromatic heterocycles. The van der Waals surface area contributed by atoms with Gasteiger partial charge in [-0.2, -0.15) is 0 Å². The van der Waals surface area contributed by atoms with Crippen LogP contribution >= 0.6 is 0 Å². The first-order valence-electron chi connectivity index (χ1n) is 11.7. The van der Waals surface area contributed by atoms with Gasteiger partial charge >= 0.3 is 6.09 Å². The summed E-state index contributed by atoms with van der Waals surface area (Å²) in [4.78, 5) is 36.8. The van der Waals surface area contributed by atoms with E-state index in [9.17, 15) is 14.0 Å². The second-order valence-electron chi connectivity index (χ2n) is 9.51. The van der Waals surface area contributed by atoms with E-state index in [0.717, 1.165) is 0 Å². The Balaban J connectivity index is 1.59. The fourth-order valence-electron chi connectivity index (χ4n) is 3.99. The van der Waals surface area contributed by atoms with E-state index in [1.54, 1.807) is 35.4 Å². The van der Waals surface area contributed by atoms with Crippen LogP contribution in [0.5, 0.6) is 11.5 Å². The maximum absolute atomic E-state index is 14.3. The molecule has 1 fully saturated rings. The molecule has 0 bridgehead atoms. The van der Waals surface area contributed by atoms with Crippen molar-refractivity contribution in [2.24, 2.45) is 0 Å². The van der Waals surface area contributed by atoms with Crippen LogP contribution in [0.15, 0.2) is 55.0 Å². The van der Waals surface area contributed by atoms with E-state index < -0.39 is 11.4 Å². The smallest absolute Gasteiger partial charge is 0.410 e. The molecule has 1 aliphatic rings. The van der Waals surface area contributed by atoms with Gasteiger partial charge in [-0.3, -0.25) is 4.79 Å². The monoisotopic (exact) mass is 492 g/mol. The van der Waals surface area contributed by atoms with E-state index in [1.165, 1.54) is 31.5 Å². The minimum atomic E-state index is -0.560. The van der Waals surface area contributed by atoms with Crippen molar-refractivity contribution >= 4 is 17.7 Å². The zero-order valence-corrected chi connectivity index (χ0v) is 20.8. The first kappa shape index (κ1) is 25.1. The van der Waals surface area contributed by atoms with Gasteiger partial charge < -0.3 is 19.3 Å². The van der Waals surface area contributed by atoms with Gasteiger partial charge in [-0.15, -0.1) is 0 Å². The largest absolute Gasteiger partial charge is 0.451 e. The first-order chi connectivity index (χ1) is 17.1. The van der Waals surface area contributed by atoms with E-state index in [1.807, 2.05) is 25.7 Å². The van der Waals surface area contributed by atoms with Crippen LogP contribution in [0.4, 0.5) is 15.0 Å². The Hall–Kier alpha value is -4.01. The highest BCUT2D eigenvalue weighted by molar-refractivity contribution is 6.01. The molecular formula is C27H29FN4O4. The molecule has 4 rings (SSSR count). The molecule has 1 amide bonds. The van der Waals surface area contributed by atoms with Crippen molar-refractivity contribution in [1.29, 1.82) is 0 Å². The van der Waals surface area contributed by atoms with Gasteiger partial charge in [0, 0.05) is 37.3 Å². The number of piperazine rings is 1. The molecule has 1 saturated heterocycles. The Morgan fingerprint density at radius 3 is 2.39 bits per heavy atom. The lowest BCUT2D eigenvalue weighted by molar-refractivity contribution is 0.0240. The number of aromatic nitrogens is 2. The van der Waals surface area contributed by atoms with Gasteiger partial charge in [0.15, 0.2) is 17.4 Å². The maximum atomic E-state index is 14.3. The number of rotatable bonds is 5. The van der Waals surface area contributed by atoms with Crippen molar-refractivity contribution in [2.75, 3.05) is 31.1 Å². The SMILES string of the molecule is CC(=O)c1ccccc1-c1cc(F)ccc1Oc1cncnc1N1CCN(C(=O)OC(C)(C)C)CC1. The second-order valence-corrected chi connectivity index (χ2v) is 9.51. The van der Waals surface area contributed by atoms with Gasteiger partial charge in [0.25, 0.3) is 0 Å². The average molecular weight is 493 g/mol. The molecule has 8 nitrogen and oxygen atoms in total. The number of nitrogens with zero attached hydrogens (tertiary/aromatic N) is 4. The molecule has 0 radical (unpaired) electrons. The molecule has 9 heteroatoms. The molecule has 0 saturated carbocycles.